The molecule has 7 aromatic rings. The normalized spacial score (nSPS) is 10.9. The Kier molecular flexibility index (Phi) is 14.6. The van der Waals surface area contributed by atoms with Gasteiger partial charge in [-0.25, -0.2) is 9.97 Å². The monoisotopic (exact) mass is 1040 g/mol. The SMILES string of the molecule is C=C[n+]1cccc(-c2c3nc(c(-c4ccc[n+](C=C)c4)c4ccc([nH]4)c(-c4ccc[n+](C=C)c4)c4ccc([nH]4)c(-c4ccc[n+](C=C)c4)c4nc2C=C4)C=C3)c1.[Br-].[Br-].[Br-].[Br-]. The van der Waals surface area contributed by atoms with Gasteiger partial charge in [0.05, 0.1) is 45.0 Å². The van der Waals surface area contributed by atoms with Crippen molar-refractivity contribution in [2.75, 3.05) is 0 Å². The van der Waals surface area contributed by atoms with E-state index in [2.05, 4.69) is 134 Å². The van der Waals surface area contributed by atoms with Gasteiger partial charge in [0.15, 0.2) is 74.4 Å². The minimum absolute atomic E-state index is 0. The van der Waals surface area contributed by atoms with Crippen LogP contribution in [0, 0.1) is 0 Å². The third-order valence-electron chi connectivity index (χ3n) is 10.0. The van der Waals surface area contributed by atoms with E-state index in [0.29, 0.717) is 0 Å². The van der Waals surface area contributed by atoms with Crippen LogP contribution >= 0.6 is 0 Å². The molecule has 2 N–H and O–H groups in total. The van der Waals surface area contributed by atoms with Crippen molar-refractivity contribution in [3.05, 3.63) is 171 Å². The number of halogens is 4. The van der Waals surface area contributed by atoms with Crippen molar-refractivity contribution in [2.24, 2.45) is 0 Å². The molecule has 8 bridgehead atoms. The quantitative estimate of drug-likeness (QED) is 0.159. The smallest absolute Gasteiger partial charge is 0.182 e. The van der Waals surface area contributed by atoms with Gasteiger partial charge >= 0.3 is 0 Å². The van der Waals surface area contributed by atoms with Crippen LogP contribution in [0.15, 0.2) is 149 Å². The molecular weight excluding hydrogens is 1010 g/mol. The lowest BCUT2D eigenvalue weighted by Crippen LogP contribution is -3.00. The minimum atomic E-state index is 0. The highest BCUT2D eigenvalue weighted by molar-refractivity contribution is 5.99. The van der Waals surface area contributed by atoms with Gasteiger partial charge < -0.3 is 77.9 Å². The van der Waals surface area contributed by atoms with E-state index in [1.165, 1.54) is 0 Å². The Bertz CT molecular complexity index is 2880. The van der Waals surface area contributed by atoms with Gasteiger partial charge in [0.25, 0.3) is 0 Å². The first-order chi connectivity index (χ1) is 27.5. The zero-order chi connectivity index (χ0) is 38.2. The molecule has 0 aromatic carbocycles. The number of aromatic nitrogens is 8. The van der Waals surface area contributed by atoms with Crippen molar-refractivity contribution in [1.29, 1.82) is 0 Å². The van der Waals surface area contributed by atoms with Gasteiger partial charge in [-0.3, -0.25) is 0 Å². The Morgan fingerprint density at radius 3 is 0.950 bits per heavy atom. The summed E-state index contributed by atoms with van der Waals surface area (Å²) in [6, 6.07) is 25.0. The molecule has 0 aliphatic carbocycles. The number of nitrogens with one attached hydrogen (secondary N) is 2. The van der Waals surface area contributed by atoms with Crippen molar-refractivity contribution < 1.29 is 86.2 Å². The average molecular weight is 1050 g/mol. The molecule has 2 aliphatic heterocycles. The van der Waals surface area contributed by atoms with E-state index in [1.807, 2.05) is 67.3 Å². The molecule has 0 saturated heterocycles. The molecule has 60 heavy (non-hydrogen) atoms. The third kappa shape index (κ3) is 8.55. The van der Waals surface area contributed by atoms with Gasteiger partial charge in [-0.15, -0.1) is 0 Å². The van der Waals surface area contributed by atoms with Gasteiger partial charge in [0.2, 0.25) is 0 Å². The predicted octanol–water partition coefficient (Wildman–Crippen LogP) is -3.11. The molecule has 0 spiro atoms. The largest absolute Gasteiger partial charge is 1.00 e. The zero-order valence-corrected chi connectivity index (χ0v) is 38.5. The fraction of sp³-hybridized carbons (Fsp3) is 0. The molecule has 7 aromatic heterocycles. The molecule has 2 aliphatic rings. The number of fused-ring (bicyclic) bond motifs is 8. The second-order valence-electron chi connectivity index (χ2n) is 13.4. The Labute approximate surface area is 390 Å². The summed E-state index contributed by atoms with van der Waals surface area (Å²) in [7, 11) is 0. The lowest BCUT2D eigenvalue weighted by atomic mass is 10.0. The maximum Gasteiger partial charge on any atom is 0.182 e. The highest BCUT2D eigenvalue weighted by Gasteiger charge is 2.22. The summed E-state index contributed by atoms with van der Waals surface area (Å²) >= 11 is 0. The first-order valence-corrected chi connectivity index (χ1v) is 18.2. The summed E-state index contributed by atoms with van der Waals surface area (Å²) in [5.41, 5.74) is 14.7. The lowest BCUT2D eigenvalue weighted by molar-refractivity contribution is -0.567. The van der Waals surface area contributed by atoms with Crippen molar-refractivity contribution >= 4 is 71.2 Å². The van der Waals surface area contributed by atoms with Gasteiger partial charge in [0.1, 0.15) is 0 Å². The van der Waals surface area contributed by atoms with Crippen LogP contribution in [-0.4, -0.2) is 19.9 Å². The first kappa shape index (κ1) is 45.2. The van der Waals surface area contributed by atoms with Gasteiger partial charge in [0, 0.05) is 68.6 Å². The second-order valence-corrected chi connectivity index (χ2v) is 13.4. The van der Waals surface area contributed by atoms with Crippen LogP contribution in [0.4, 0.5) is 0 Å². The summed E-state index contributed by atoms with van der Waals surface area (Å²) in [5, 5.41) is 0. The number of hydrogen-bond donors (Lipinski definition) is 2. The Morgan fingerprint density at radius 1 is 0.367 bits per heavy atom. The van der Waals surface area contributed by atoms with Crippen molar-refractivity contribution in [3.8, 4) is 44.5 Å². The molecule has 0 amide bonds. The van der Waals surface area contributed by atoms with E-state index in [1.54, 1.807) is 24.8 Å². The topological polar surface area (TPSA) is 72.9 Å². The van der Waals surface area contributed by atoms with E-state index in [9.17, 15) is 0 Å². The first-order valence-electron chi connectivity index (χ1n) is 18.2. The van der Waals surface area contributed by atoms with E-state index >= 15 is 0 Å². The van der Waals surface area contributed by atoms with Crippen LogP contribution in [0.25, 0.3) is 116 Å². The summed E-state index contributed by atoms with van der Waals surface area (Å²) in [4.78, 5) is 18.4. The molecule has 0 unspecified atom stereocenters. The number of nitrogens with zero attached hydrogens (tertiary/aromatic N) is 6. The number of rotatable bonds is 8. The summed E-state index contributed by atoms with van der Waals surface area (Å²) < 4.78 is 7.81. The maximum atomic E-state index is 5.39. The molecule has 0 radical (unpaired) electrons. The zero-order valence-electron chi connectivity index (χ0n) is 32.2. The Morgan fingerprint density at radius 2 is 0.633 bits per heavy atom. The fourth-order valence-electron chi connectivity index (χ4n) is 7.44. The lowest BCUT2D eigenvalue weighted by Gasteiger charge is -2.05. The van der Waals surface area contributed by atoms with E-state index < -0.39 is 0 Å². The van der Waals surface area contributed by atoms with Crippen molar-refractivity contribution in [2.45, 2.75) is 0 Å². The molecule has 12 heteroatoms. The number of hydrogen-bond acceptors (Lipinski definition) is 2. The summed E-state index contributed by atoms with van der Waals surface area (Å²) in [6.45, 7) is 16.1. The fourth-order valence-corrected chi connectivity index (χ4v) is 7.44. The van der Waals surface area contributed by atoms with Gasteiger partial charge in [-0.05, 0) is 99.2 Å². The molecule has 9 rings (SSSR count). The number of pyridine rings is 4. The molecule has 8 nitrogen and oxygen atoms in total. The van der Waals surface area contributed by atoms with Crippen molar-refractivity contribution in [1.82, 2.24) is 19.9 Å². The highest BCUT2D eigenvalue weighted by Crippen LogP contribution is 2.37. The van der Waals surface area contributed by atoms with Crippen LogP contribution in [0.2, 0.25) is 0 Å². The van der Waals surface area contributed by atoms with Crippen molar-refractivity contribution in [3.63, 3.8) is 0 Å². The maximum absolute atomic E-state index is 5.39. The van der Waals surface area contributed by atoms with Gasteiger partial charge in [-0.1, -0.05) is 0 Å². The van der Waals surface area contributed by atoms with Crippen LogP contribution in [0.1, 0.15) is 22.8 Å². The Balaban J connectivity index is 0.00000171. The molecule has 0 fully saturated rings. The Hall–Kier alpha value is -5.92. The van der Waals surface area contributed by atoms with Crippen LogP contribution in [0.5, 0.6) is 0 Å². The van der Waals surface area contributed by atoms with Crippen LogP contribution < -0.4 is 86.2 Å². The standard InChI is InChI=1S/C48H38N8.4BrH/c1-5-53-25-9-13-33(29-53)45-37-17-19-39(49-37)46(34-14-10-26-54(6-2)30-34)41-21-23-43(51-41)48(36-16-12-28-56(8-4)32-36)44-24-22-42(52-44)47(40-20-18-38(45)50-40)35-15-11-27-55(7-3)31-35;;;;/h5-32,49-50H,1-4H2;4*1H/q+4;;;;/p-4. The van der Waals surface area contributed by atoms with Crippen LogP contribution in [0.3, 0.4) is 0 Å². The summed E-state index contributed by atoms with van der Waals surface area (Å²) in [6.07, 6.45) is 31.7. The average Bonchev–Trinajstić information content (AvgIpc) is 4.09. The molecule has 0 atom stereocenters. The van der Waals surface area contributed by atoms with Crippen LogP contribution in [-0.2, 0) is 0 Å². The number of H-pyrrole nitrogens is 2. The van der Waals surface area contributed by atoms with E-state index in [4.69, 9.17) is 9.97 Å². The number of aromatic amines is 2. The summed E-state index contributed by atoms with van der Waals surface area (Å²) in [5.74, 6) is 0. The molecule has 0 saturated carbocycles. The van der Waals surface area contributed by atoms with E-state index in [0.717, 1.165) is 89.4 Å². The molecular formula is C48H38Br4N8. The molecule has 9 heterocycles. The minimum Gasteiger partial charge on any atom is -1.00 e. The van der Waals surface area contributed by atoms with E-state index in [-0.39, 0.29) is 67.9 Å². The van der Waals surface area contributed by atoms with Gasteiger partial charge in [-0.2, -0.15) is 18.3 Å². The highest BCUT2D eigenvalue weighted by atomic mass is 79.9. The molecule has 298 valence electrons. The third-order valence-corrected chi connectivity index (χ3v) is 10.0. The second kappa shape index (κ2) is 19.4. The predicted molar refractivity (Wildman–Crippen MR) is 227 cm³/mol.